The lowest BCUT2D eigenvalue weighted by atomic mass is 10.1. The zero-order valence-electron chi connectivity index (χ0n) is 13.0. The van der Waals surface area contributed by atoms with Crippen molar-refractivity contribution in [3.05, 3.63) is 52.1 Å². The summed E-state index contributed by atoms with van der Waals surface area (Å²) in [5.41, 5.74) is 3.53. The van der Waals surface area contributed by atoms with Crippen molar-refractivity contribution in [1.29, 1.82) is 0 Å². The Morgan fingerprint density at radius 1 is 1.29 bits per heavy atom. The summed E-state index contributed by atoms with van der Waals surface area (Å²) in [6, 6.07) is 8.88. The SMILES string of the molecule is CCCCc1nc(Cl)c(CN[C@H](C)c2ccc(C)cc2)[nH]1. The molecule has 2 rings (SSSR count). The van der Waals surface area contributed by atoms with Crippen LogP contribution in [0.1, 0.15) is 55.4 Å². The zero-order chi connectivity index (χ0) is 15.2. The van der Waals surface area contributed by atoms with Crippen molar-refractivity contribution in [2.45, 2.75) is 52.6 Å². The van der Waals surface area contributed by atoms with Gasteiger partial charge in [0.05, 0.1) is 5.69 Å². The summed E-state index contributed by atoms with van der Waals surface area (Å²) in [6.45, 7) is 7.14. The van der Waals surface area contributed by atoms with Crippen LogP contribution in [0.15, 0.2) is 24.3 Å². The van der Waals surface area contributed by atoms with E-state index in [0.717, 1.165) is 30.8 Å². The van der Waals surface area contributed by atoms with E-state index in [1.165, 1.54) is 11.1 Å². The molecule has 2 N–H and O–H groups in total. The fourth-order valence-electron chi connectivity index (χ4n) is 2.25. The van der Waals surface area contributed by atoms with Crippen molar-refractivity contribution in [2.75, 3.05) is 0 Å². The van der Waals surface area contributed by atoms with Gasteiger partial charge in [0.2, 0.25) is 0 Å². The first-order valence-corrected chi connectivity index (χ1v) is 8.01. The summed E-state index contributed by atoms with van der Waals surface area (Å²) in [6.07, 6.45) is 3.26. The maximum Gasteiger partial charge on any atom is 0.151 e. The van der Waals surface area contributed by atoms with Crippen LogP contribution < -0.4 is 5.32 Å². The summed E-state index contributed by atoms with van der Waals surface area (Å²) in [4.78, 5) is 7.71. The summed E-state index contributed by atoms with van der Waals surface area (Å²) in [7, 11) is 0. The van der Waals surface area contributed by atoms with Gasteiger partial charge in [-0.05, 0) is 25.8 Å². The van der Waals surface area contributed by atoms with Gasteiger partial charge in [0.15, 0.2) is 5.15 Å². The van der Waals surface area contributed by atoms with Gasteiger partial charge in [-0.3, -0.25) is 0 Å². The van der Waals surface area contributed by atoms with Gasteiger partial charge >= 0.3 is 0 Å². The molecule has 0 saturated heterocycles. The van der Waals surface area contributed by atoms with E-state index in [-0.39, 0.29) is 6.04 Å². The van der Waals surface area contributed by atoms with Gasteiger partial charge in [-0.15, -0.1) is 0 Å². The summed E-state index contributed by atoms with van der Waals surface area (Å²) in [5, 5.41) is 4.08. The fraction of sp³-hybridized carbons (Fsp3) is 0.471. The summed E-state index contributed by atoms with van der Waals surface area (Å²) < 4.78 is 0. The number of benzene rings is 1. The second-order valence-corrected chi connectivity index (χ2v) is 5.93. The molecule has 4 heteroatoms. The smallest absolute Gasteiger partial charge is 0.151 e. The molecule has 0 amide bonds. The van der Waals surface area contributed by atoms with Gasteiger partial charge in [-0.1, -0.05) is 54.8 Å². The lowest BCUT2D eigenvalue weighted by Crippen LogP contribution is -2.18. The highest BCUT2D eigenvalue weighted by Gasteiger charge is 2.10. The van der Waals surface area contributed by atoms with Crippen LogP contribution in [0.3, 0.4) is 0 Å². The van der Waals surface area contributed by atoms with E-state index in [1.54, 1.807) is 0 Å². The normalized spacial score (nSPS) is 12.6. The number of aryl methyl sites for hydroxylation is 2. The number of nitrogens with one attached hydrogen (secondary N) is 2. The Morgan fingerprint density at radius 2 is 2.00 bits per heavy atom. The average molecular weight is 306 g/mol. The Labute approximate surface area is 132 Å². The van der Waals surface area contributed by atoms with Gasteiger partial charge in [0.25, 0.3) is 0 Å². The van der Waals surface area contributed by atoms with E-state index in [9.17, 15) is 0 Å². The molecule has 0 fully saturated rings. The lowest BCUT2D eigenvalue weighted by molar-refractivity contribution is 0.568. The average Bonchev–Trinajstić information content (AvgIpc) is 2.83. The molecule has 0 bridgehead atoms. The molecule has 0 aliphatic carbocycles. The molecule has 0 aliphatic heterocycles. The third-order valence-corrected chi connectivity index (χ3v) is 4.02. The molecule has 21 heavy (non-hydrogen) atoms. The van der Waals surface area contributed by atoms with Crippen LogP contribution in [0.4, 0.5) is 0 Å². The molecule has 0 saturated carbocycles. The molecule has 2 aromatic rings. The largest absolute Gasteiger partial charge is 0.344 e. The number of aromatic nitrogens is 2. The maximum atomic E-state index is 6.19. The second-order valence-electron chi connectivity index (χ2n) is 5.57. The molecule has 0 radical (unpaired) electrons. The molecule has 1 heterocycles. The van der Waals surface area contributed by atoms with Crippen LogP contribution in [0.25, 0.3) is 0 Å². The van der Waals surface area contributed by atoms with Crippen LogP contribution in [-0.4, -0.2) is 9.97 Å². The van der Waals surface area contributed by atoms with Gasteiger partial charge in [0, 0.05) is 19.0 Å². The van der Waals surface area contributed by atoms with Crippen molar-refractivity contribution in [1.82, 2.24) is 15.3 Å². The van der Waals surface area contributed by atoms with Crippen molar-refractivity contribution in [2.24, 2.45) is 0 Å². The minimum Gasteiger partial charge on any atom is -0.344 e. The summed E-state index contributed by atoms with van der Waals surface area (Å²) >= 11 is 6.19. The first-order valence-electron chi connectivity index (χ1n) is 7.63. The molecule has 1 aromatic carbocycles. The minimum atomic E-state index is 0.282. The lowest BCUT2D eigenvalue weighted by Gasteiger charge is -2.14. The maximum absolute atomic E-state index is 6.19. The number of hydrogen-bond donors (Lipinski definition) is 2. The van der Waals surface area contributed by atoms with Crippen LogP contribution >= 0.6 is 11.6 Å². The topological polar surface area (TPSA) is 40.7 Å². The van der Waals surface area contributed by atoms with E-state index < -0.39 is 0 Å². The molecule has 3 nitrogen and oxygen atoms in total. The Balaban J connectivity index is 1.93. The predicted molar refractivity (Wildman–Crippen MR) is 88.6 cm³/mol. The predicted octanol–water partition coefficient (Wildman–Crippen LogP) is 4.56. The molecule has 0 aliphatic rings. The van der Waals surface area contributed by atoms with Crippen molar-refractivity contribution in [3.63, 3.8) is 0 Å². The second kappa shape index (κ2) is 7.62. The van der Waals surface area contributed by atoms with Crippen molar-refractivity contribution < 1.29 is 0 Å². The van der Waals surface area contributed by atoms with Gasteiger partial charge < -0.3 is 10.3 Å². The van der Waals surface area contributed by atoms with Crippen LogP contribution in [-0.2, 0) is 13.0 Å². The highest BCUT2D eigenvalue weighted by atomic mass is 35.5. The summed E-state index contributed by atoms with van der Waals surface area (Å²) in [5.74, 6) is 0.988. The third-order valence-electron chi connectivity index (χ3n) is 3.71. The van der Waals surface area contributed by atoms with Gasteiger partial charge in [-0.25, -0.2) is 4.98 Å². The standard InChI is InChI=1S/C17H24ClN3/c1-4-5-6-16-20-15(17(18)21-16)11-19-13(3)14-9-7-12(2)8-10-14/h7-10,13,19H,4-6,11H2,1-3H3,(H,20,21)/t13-/m1/s1. The first-order chi connectivity index (χ1) is 10.1. The first kappa shape index (κ1) is 16.1. The molecule has 114 valence electrons. The molecule has 1 atom stereocenters. The number of aromatic amines is 1. The number of nitrogens with zero attached hydrogens (tertiary/aromatic N) is 1. The minimum absolute atomic E-state index is 0.282. The Morgan fingerprint density at radius 3 is 2.67 bits per heavy atom. The number of unbranched alkanes of at least 4 members (excludes halogenated alkanes) is 1. The Bertz CT molecular complexity index is 560. The van der Waals surface area contributed by atoms with E-state index >= 15 is 0 Å². The zero-order valence-corrected chi connectivity index (χ0v) is 13.8. The highest BCUT2D eigenvalue weighted by Crippen LogP contribution is 2.17. The van der Waals surface area contributed by atoms with Crippen molar-refractivity contribution in [3.8, 4) is 0 Å². The number of imidazole rings is 1. The van der Waals surface area contributed by atoms with Crippen LogP contribution in [0, 0.1) is 6.92 Å². The molecular formula is C17H24ClN3. The van der Waals surface area contributed by atoms with Crippen LogP contribution in [0.2, 0.25) is 5.15 Å². The van der Waals surface area contributed by atoms with Crippen molar-refractivity contribution >= 4 is 11.6 Å². The van der Waals surface area contributed by atoms with E-state index in [2.05, 4.69) is 60.3 Å². The monoisotopic (exact) mass is 305 g/mol. The van der Waals surface area contributed by atoms with E-state index in [0.29, 0.717) is 11.7 Å². The third kappa shape index (κ3) is 4.58. The number of rotatable bonds is 7. The van der Waals surface area contributed by atoms with E-state index in [4.69, 9.17) is 11.6 Å². The fourth-order valence-corrected chi connectivity index (χ4v) is 2.46. The molecular weight excluding hydrogens is 282 g/mol. The van der Waals surface area contributed by atoms with E-state index in [1.807, 2.05) is 0 Å². The van der Waals surface area contributed by atoms with Gasteiger partial charge in [0.1, 0.15) is 5.82 Å². The number of hydrogen-bond acceptors (Lipinski definition) is 2. The molecule has 0 unspecified atom stereocenters. The Hall–Kier alpha value is -1.32. The number of halogens is 1. The quantitative estimate of drug-likeness (QED) is 0.787. The molecule has 1 aromatic heterocycles. The van der Waals surface area contributed by atoms with Crippen LogP contribution in [0.5, 0.6) is 0 Å². The molecule has 0 spiro atoms. The van der Waals surface area contributed by atoms with Gasteiger partial charge in [-0.2, -0.15) is 0 Å². The number of H-pyrrole nitrogens is 1. The highest BCUT2D eigenvalue weighted by molar-refractivity contribution is 6.30. The Kier molecular flexibility index (Phi) is 5.83.